The topological polar surface area (TPSA) is 90.1 Å². The molecule has 31 heavy (non-hydrogen) atoms. The van der Waals surface area contributed by atoms with Crippen LogP contribution in [0.5, 0.6) is 0 Å². The van der Waals surface area contributed by atoms with E-state index in [-0.39, 0.29) is 17.9 Å². The van der Waals surface area contributed by atoms with E-state index >= 15 is 0 Å². The summed E-state index contributed by atoms with van der Waals surface area (Å²) in [7, 11) is 1.88. The van der Waals surface area contributed by atoms with Crippen LogP contribution in [0.15, 0.2) is 48.8 Å². The predicted octanol–water partition coefficient (Wildman–Crippen LogP) is 2.90. The van der Waals surface area contributed by atoms with Crippen molar-refractivity contribution in [2.45, 2.75) is 38.9 Å². The van der Waals surface area contributed by atoms with E-state index in [1.807, 2.05) is 56.3 Å². The van der Waals surface area contributed by atoms with Gasteiger partial charge in [-0.25, -0.2) is 4.98 Å². The molecular weight excluding hydrogens is 414 g/mol. The Morgan fingerprint density at radius 1 is 1.19 bits per heavy atom. The lowest BCUT2D eigenvalue weighted by atomic mass is 10.0. The predicted molar refractivity (Wildman–Crippen MR) is 123 cm³/mol. The minimum Gasteiger partial charge on any atom is -0.350 e. The van der Waals surface area contributed by atoms with Crippen molar-refractivity contribution in [1.29, 1.82) is 0 Å². The number of nitrogens with one attached hydrogen (secondary N) is 3. The van der Waals surface area contributed by atoms with Crippen molar-refractivity contribution in [1.82, 2.24) is 25.5 Å². The molecule has 0 aliphatic rings. The zero-order valence-corrected chi connectivity index (χ0v) is 18.7. The summed E-state index contributed by atoms with van der Waals surface area (Å²) in [6, 6.07) is 10.1. The van der Waals surface area contributed by atoms with Gasteiger partial charge in [-0.15, -0.1) is 0 Å². The van der Waals surface area contributed by atoms with Crippen LogP contribution in [-0.4, -0.2) is 52.4 Å². The minimum absolute atomic E-state index is 0.193. The molecule has 0 aliphatic heterocycles. The summed E-state index contributed by atoms with van der Waals surface area (Å²) < 4.78 is 0. The first kappa shape index (κ1) is 22.8. The van der Waals surface area contributed by atoms with Gasteiger partial charge in [-0.2, -0.15) is 0 Å². The molecule has 2 amide bonds. The summed E-state index contributed by atoms with van der Waals surface area (Å²) in [6.45, 7) is 4.86. The van der Waals surface area contributed by atoms with Crippen LogP contribution in [0.1, 0.15) is 25.0 Å². The normalized spacial score (nSPS) is 13.2. The van der Waals surface area contributed by atoms with E-state index in [4.69, 9.17) is 11.6 Å². The number of benzene rings is 1. The van der Waals surface area contributed by atoms with Gasteiger partial charge in [-0.3, -0.25) is 14.5 Å². The van der Waals surface area contributed by atoms with Crippen LogP contribution in [-0.2, 0) is 22.6 Å². The fourth-order valence-corrected chi connectivity index (χ4v) is 3.48. The Bertz CT molecular complexity index is 1050. The van der Waals surface area contributed by atoms with Crippen LogP contribution < -0.4 is 10.6 Å². The average molecular weight is 442 g/mol. The number of fused-ring (bicyclic) bond motifs is 1. The number of halogens is 1. The lowest BCUT2D eigenvalue weighted by molar-refractivity contribution is -0.131. The van der Waals surface area contributed by atoms with Crippen molar-refractivity contribution in [3.63, 3.8) is 0 Å². The van der Waals surface area contributed by atoms with Gasteiger partial charge < -0.3 is 15.6 Å². The number of aromatic amines is 1. The fourth-order valence-electron chi connectivity index (χ4n) is 3.27. The van der Waals surface area contributed by atoms with Crippen LogP contribution in [0.4, 0.5) is 0 Å². The van der Waals surface area contributed by atoms with Gasteiger partial charge in [0.25, 0.3) is 0 Å². The number of H-pyrrole nitrogens is 1. The Kier molecular flexibility index (Phi) is 7.65. The van der Waals surface area contributed by atoms with Crippen LogP contribution in [0.25, 0.3) is 11.0 Å². The molecule has 0 unspecified atom stereocenters. The van der Waals surface area contributed by atoms with Gasteiger partial charge in [0.2, 0.25) is 11.8 Å². The number of carbonyl (C=O) groups is 2. The molecule has 1 aromatic carbocycles. The van der Waals surface area contributed by atoms with Gasteiger partial charge in [0, 0.05) is 35.8 Å². The highest BCUT2D eigenvalue weighted by Gasteiger charge is 2.25. The lowest BCUT2D eigenvalue weighted by Crippen LogP contribution is -2.53. The molecule has 2 heterocycles. The largest absolute Gasteiger partial charge is 0.350 e. The lowest BCUT2D eigenvalue weighted by Gasteiger charge is -2.25. The molecular formula is C23H28ClN5O2. The van der Waals surface area contributed by atoms with Gasteiger partial charge in [-0.05, 0) is 55.9 Å². The Balaban J connectivity index is 1.71. The second kappa shape index (κ2) is 10.4. The first-order chi connectivity index (χ1) is 14.9. The summed E-state index contributed by atoms with van der Waals surface area (Å²) >= 11 is 6.10. The maximum absolute atomic E-state index is 13.0. The number of aromatic nitrogens is 2. The molecule has 0 bridgehead atoms. The number of carbonyl (C=O) groups excluding carboxylic acids is 2. The Labute approximate surface area is 187 Å². The van der Waals surface area contributed by atoms with E-state index in [0.717, 1.165) is 28.7 Å². The monoisotopic (exact) mass is 441 g/mol. The van der Waals surface area contributed by atoms with Gasteiger partial charge in [0.1, 0.15) is 11.7 Å². The van der Waals surface area contributed by atoms with Crippen LogP contribution >= 0.6 is 11.6 Å². The molecule has 164 valence electrons. The summed E-state index contributed by atoms with van der Waals surface area (Å²) in [5, 5.41) is 7.40. The molecule has 7 nitrogen and oxygen atoms in total. The highest BCUT2D eigenvalue weighted by molar-refractivity contribution is 6.30. The SMILES string of the molecule is CCN(C)[C@@H](C)C(=O)N[C@@H](Cc1cccc(Cl)c1)C(=O)NCc1cnc2[nH]ccc2c1. The molecule has 2 aromatic heterocycles. The number of likely N-dealkylation sites (N-methyl/N-ethyl adjacent to an activating group) is 1. The third-order valence-electron chi connectivity index (χ3n) is 5.42. The molecule has 3 N–H and O–H groups in total. The zero-order valence-electron chi connectivity index (χ0n) is 18.0. The van der Waals surface area contributed by atoms with Crippen LogP contribution in [0.2, 0.25) is 5.02 Å². The fraction of sp³-hybridized carbons (Fsp3) is 0.348. The molecule has 0 spiro atoms. The standard InChI is InChI=1S/C23H28ClN5O2/c1-4-29(3)15(2)22(30)28-20(12-16-6-5-7-19(24)11-16)23(31)27-14-17-10-18-8-9-25-21(18)26-13-17/h5-11,13,15,20H,4,12,14H2,1-3H3,(H,25,26)(H,27,31)(H,28,30)/t15-,20-/m0/s1. The van der Waals surface area contributed by atoms with Crippen LogP contribution in [0.3, 0.4) is 0 Å². The maximum Gasteiger partial charge on any atom is 0.243 e. The summed E-state index contributed by atoms with van der Waals surface area (Å²) in [6.07, 6.45) is 3.89. The van der Waals surface area contributed by atoms with E-state index in [1.165, 1.54) is 0 Å². The smallest absolute Gasteiger partial charge is 0.243 e. The van der Waals surface area contributed by atoms with E-state index in [2.05, 4.69) is 20.6 Å². The van der Waals surface area contributed by atoms with E-state index < -0.39 is 6.04 Å². The molecule has 8 heteroatoms. The van der Waals surface area contributed by atoms with Crippen molar-refractivity contribution < 1.29 is 9.59 Å². The molecule has 0 saturated carbocycles. The van der Waals surface area contributed by atoms with E-state index in [1.54, 1.807) is 18.3 Å². The summed E-state index contributed by atoms with van der Waals surface area (Å²) in [4.78, 5) is 35.1. The Morgan fingerprint density at radius 3 is 2.74 bits per heavy atom. The van der Waals surface area contributed by atoms with Crippen molar-refractivity contribution in [2.24, 2.45) is 0 Å². The van der Waals surface area contributed by atoms with Crippen molar-refractivity contribution in [3.8, 4) is 0 Å². The second-order valence-corrected chi connectivity index (χ2v) is 8.06. The first-order valence-electron chi connectivity index (χ1n) is 10.3. The maximum atomic E-state index is 13.0. The third-order valence-corrected chi connectivity index (χ3v) is 5.66. The molecule has 3 aromatic rings. The Morgan fingerprint density at radius 2 is 2.00 bits per heavy atom. The number of hydrogen-bond acceptors (Lipinski definition) is 4. The number of hydrogen-bond donors (Lipinski definition) is 3. The van der Waals surface area contributed by atoms with Gasteiger partial charge in [0.15, 0.2) is 0 Å². The number of amides is 2. The molecule has 2 atom stereocenters. The number of pyridine rings is 1. The second-order valence-electron chi connectivity index (χ2n) is 7.62. The summed E-state index contributed by atoms with van der Waals surface area (Å²) in [5.74, 6) is -0.448. The zero-order chi connectivity index (χ0) is 22.4. The third kappa shape index (κ3) is 6.06. The van der Waals surface area contributed by atoms with Gasteiger partial charge in [0.05, 0.1) is 6.04 Å². The van der Waals surface area contributed by atoms with Crippen molar-refractivity contribution >= 4 is 34.4 Å². The van der Waals surface area contributed by atoms with Gasteiger partial charge >= 0.3 is 0 Å². The minimum atomic E-state index is -0.720. The Hall–Kier alpha value is -2.90. The van der Waals surface area contributed by atoms with Crippen LogP contribution in [0, 0.1) is 0 Å². The van der Waals surface area contributed by atoms with Crippen molar-refractivity contribution in [3.05, 3.63) is 64.9 Å². The highest BCUT2D eigenvalue weighted by Crippen LogP contribution is 2.14. The molecule has 3 rings (SSSR count). The van der Waals surface area contributed by atoms with Crippen molar-refractivity contribution in [2.75, 3.05) is 13.6 Å². The first-order valence-corrected chi connectivity index (χ1v) is 10.7. The average Bonchev–Trinajstić information content (AvgIpc) is 3.23. The molecule has 0 radical (unpaired) electrons. The quantitative estimate of drug-likeness (QED) is 0.476. The molecule has 0 saturated heterocycles. The summed E-state index contributed by atoms with van der Waals surface area (Å²) in [5.41, 5.74) is 2.56. The molecule has 0 fully saturated rings. The van der Waals surface area contributed by atoms with Gasteiger partial charge in [-0.1, -0.05) is 30.7 Å². The van der Waals surface area contributed by atoms with E-state index in [9.17, 15) is 9.59 Å². The number of nitrogens with zero attached hydrogens (tertiary/aromatic N) is 2. The molecule has 0 aliphatic carbocycles. The van der Waals surface area contributed by atoms with E-state index in [0.29, 0.717) is 18.0 Å². The highest BCUT2D eigenvalue weighted by atomic mass is 35.5. The number of rotatable bonds is 9.